The number of nitrogens with zero attached hydrogens (tertiary/aromatic N) is 3. The number of para-hydroxylation sites is 1. The highest BCUT2D eigenvalue weighted by Crippen LogP contribution is 2.19. The molecule has 0 unspecified atom stereocenters. The second-order valence-electron chi connectivity index (χ2n) is 6.26. The van der Waals surface area contributed by atoms with Crippen molar-refractivity contribution in [3.8, 4) is 17.5 Å². The lowest BCUT2D eigenvalue weighted by Crippen LogP contribution is -2.22. The zero-order valence-corrected chi connectivity index (χ0v) is 16.8. The molecular formula is C23H20N4O4. The highest BCUT2D eigenvalue weighted by atomic mass is 16.5. The highest BCUT2D eigenvalue weighted by molar-refractivity contribution is 5.95. The van der Waals surface area contributed by atoms with Gasteiger partial charge in [-0.25, -0.2) is 9.48 Å². The van der Waals surface area contributed by atoms with E-state index in [-0.39, 0.29) is 11.4 Å². The number of anilines is 1. The summed E-state index contributed by atoms with van der Waals surface area (Å²) in [6, 6.07) is 18.2. The molecule has 1 aromatic heterocycles. The Morgan fingerprint density at radius 3 is 2.58 bits per heavy atom. The van der Waals surface area contributed by atoms with E-state index in [4.69, 9.17) is 9.47 Å². The van der Waals surface area contributed by atoms with Crippen molar-refractivity contribution in [2.75, 3.05) is 18.5 Å². The molecule has 0 atom stereocenters. The molecule has 8 nitrogen and oxygen atoms in total. The summed E-state index contributed by atoms with van der Waals surface area (Å²) in [5.41, 5.74) is 1.66. The molecule has 0 saturated heterocycles. The van der Waals surface area contributed by atoms with E-state index in [1.807, 2.05) is 31.2 Å². The molecule has 0 aliphatic carbocycles. The quantitative estimate of drug-likeness (QED) is 0.446. The largest absolute Gasteiger partial charge is 0.494 e. The molecule has 1 amide bonds. The molecule has 0 aliphatic rings. The molecule has 0 bridgehead atoms. The van der Waals surface area contributed by atoms with Gasteiger partial charge >= 0.3 is 5.97 Å². The van der Waals surface area contributed by atoms with Crippen LogP contribution in [-0.2, 0) is 14.3 Å². The van der Waals surface area contributed by atoms with Crippen LogP contribution in [0, 0.1) is 11.3 Å². The Balaban J connectivity index is 1.57. The van der Waals surface area contributed by atoms with E-state index in [1.165, 1.54) is 17.0 Å². The summed E-state index contributed by atoms with van der Waals surface area (Å²) in [6.45, 7) is 1.97. The smallest absolute Gasteiger partial charge is 0.331 e. The Morgan fingerprint density at radius 1 is 1.16 bits per heavy atom. The first-order valence-electron chi connectivity index (χ1n) is 9.51. The van der Waals surface area contributed by atoms with Crippen molar-refractivity contribution in [1.82, 2.24) is 9.78 Å². The summed E-state index contributed by atoms with van der Waals surface area (Å²) in [7, 11) is 0. The molecule has 0 aliphatic heterocycles. The van der Waals surface area contributed by atoms with Crippen LogP contribution in [0.25, 0.3) is 11.8 Å². The average molecular weight is 416 g/mol. The third-order valence-electron chi connectivity index (χ3n) is 4.10. The van der Waals surface area contributed by atoms with Gasteiger partial charge in [0.1, 0.15) is 17.4 Å². The van der Waals surface area contributed by atoms with E-state index >= 15 is 0 Å². The van der Waals surface area contributed by atoms with Crippen molar-refractivity contribution in [2.24, 2.45) is 0 Å². The van der Waals surface area contributed by atoms with Crippen molar-refractivity contribution in [1.29, 1.82) is 5.26 Å². The number of ether oxygens (including phenoxy) is 2. The minimum absolute atomic E-state index is 0.193. The van der Waals surface area contributed by atoms with Gasteiger partial charge in [-0.05, 0) is 42.8 Å². The number of carbonyl (C=O) groups excluding carboxylic acids is 2. The number of aromatic nitrogens is 2. The van der Waals surface area contributed by atoms with Crippen LogP contribution in [0.1, 0.15) is 18.1 Å². The molecule has 8 heteroatoms. The normalized spacial score (nSPS) is 10.5. The van der Waals surface area contributed by atoms with Crippen LogP contribution in [0.15, 0.2) is 66.9 Å². The van der Waals surface area contributed by atoms with Crippen LogP contribution < -0.4 is 10.1 Å². The number of nitriles is 1. The number of hydrogen-bond acceptors (Lipinski definition) is 6. The maximum atomic E-state index is 12.3. The lowest BCUT2D eigenvalue weighted by molar-refractivity contribution is -0.142. The minimum Gasteiger partial charge on any atom is -0.494 e. The number of amides is 1. The van der Waals surface area contributed by atoms with Gasteiger partial charge in [-0.2, -0.15) is 10.4 Å². The van der Waals surface area contributed by atoms with Gasteiger partial charge < -0.3 is 14.8 Å². The zero-order valence-electron chi connectivity index (χ0n) is 16.8. The van der Waals surface area contributed by atoms with E-state index < -0.39 is 18.5 Å². The summed E-state index contributed by atoms with van der Waals surface area (Å²) in [4.78, 5) is 24.2. The Labute approximate surface area is 179 Å². The lowest BCUT2D eigenvalue weighted by atomic mass is 10.2. The summed E-state index contributed by atoms with van der Waals surface area (Å²) in [6.07, 6.45) is 4.17. The van der Waals surface area contributed by atoms with E-state index in [1.54, 1.807) is 42.5 Å². The van der Waals surface area contributed by atoms with Crippen molar-refractivity contribution in [2.45, 2.75) is 6.92 Å². The van der Waals surface area contributed by atoms with Gasteiger partial charge in [0, 0.05) is 6.08 Å². The molecule has 0 fully saturated rings. The van der Waals surface area contributed by atoms with Crippen molar-refractivity contribution < 1.29 is 19.1 Å². The molecule has 2 aromatic carbocycles. The summed E-state index contributed by atoms with van der Waals surface area (Å²) >= 11 is 0. The van der Waals surface area contributed by atoms with Gasteiger partial charge in [0.25, 0.3) is 5.91 Å². The zero-order chi connectivity index (χ0) is 22.1. The van der Waals surface area contributed by atoms with Gasteiger partial charge in [-0.1, -0.05) is 30.3 Å². The number of nitrogens with one attached hydrogen (secondary N) is 1. The molecular weight excluding hydrogens is 396 g/mol. The molecule has 0 spiro atoms. The summed E-state index contributed by atoms with van der Waals surface area (Å²) in [5, 5.41) is 16.0. The second-order valence-corrected chi connectivity index (χ2v) is 6.26. The monoisotopic (exact) mass is 416 g/mol. The number of hydrogen-bond donors (Lipinski definition) is 1. The van der Waals surface area contributed by atoms with E-state index in [9.17, 15) is 14.9 Å². The third kappa shape index (κ3) is 5.81. The Hall–Kier alpha value is -4.38. The van der Waals surface area contributed by atoms with Crippen molar-refractivity contribution in [3.05, 3.63) is 78.0 Å². The fraction of sp³-hybridized carbons (Fsp3) is 0.130. The topological polar surface area (TPSA) is 106 Å². The molecule has 0 saturated carbocycles. The Bertz CT molecular complexity index is 1110. The van der Waals surface area contributed by atoms with Gasteiger partial charge in [0.05, 0.1) is 18.5 Å². The Kier molecular flexibility index (Phi) is 7.16. The van der Waals surface area contributed by atoms with E-state index in [0.29, 0.717) is 12.3 Å². The molecule has 1 heterocycles. The molecule has 1 N–H and O–H groups in total. The average Bonchev–Trinajstić information content (AvgIpc) is 3.20. The van der Waals surface area contributed by atoms with Gasteiger partial charge in [0.2, 0.25) is 0 Å². The molecule has 3 aromatic rings. The summed E-state index contributed by atoms with van der Waals surface area (Å²) < 4.78 is 11.8. The second kappa shape index (κ2) is 10.4. The minimum atomic E-state index is -0.666. The SMILES string of the molecule is CCOc1ccc(/C=C/C(=O)OCC(=O)Nc2c(C#N)cnn2-c2ccccc2)cc1. The predicted octanol–water partition coefficient (Wildman–Crippen LogP) is 3.34. The maximum Gasteiger partial charge on any atom is 0.331 e. The first-order valence-corrected chi connectivity index (χ1v) is 9.51. The molecule has 31 heavy (non-hydrogen) atoms. The third-order valence-corrected chi connectivity index (χ3v) is 4.10. The first kappa shape index (κ1) is 21.3. The van der Waals surface area contributed by atoms with Gasteiger partial charge in [0.15, 0.2) is 12.4 Å². The van der Waals surface area contributed by atoms with Crippen molar-refractivity contribution >= 4 is 23.8 Å². The van der Waals surface area contributed by atoms with Crippen LogP contribution in [0.2, 0.25) is 0 Å². The molecule has 0 radical (unpaired) electrons. The van der Waals surface area contributed by atoms with Gasteiger partial charge in [-0.3, -0.25) is 4.79 Å². The summed E-state index contributed by atoms with van der Waals surface area (Å²) in [5.74, 6) is -0.303. The predicted molar refractivity (Wildman–Crippen MR) is 115 cm³/mol. The maximum absolute atomic E-state index is 12.3. The lowest BCUT2D eigenvalue weighted by Gasteiger charge is -2.09. The first-order chi connectivity index (χ1) is 15.1. The van der Waals surface area contributed by atoms with Crippen LogP contribution in [-0.4, -0.2) is 34.9 Å². The molecule has 3 rings (SSSR count). The van der Waals surface area contributed by atoms with E-state index in [2.05, 4.69) is 10.4 Å². The fourth-order valence-corrected chi connectivity index (χ4v) is 2.67. The van der Waals surface area contributed by atoms with Crippen molar-refractivity contribution in [3.63, 3.8) is 0 Å². The Morgan fingerprint density at radius 2 is 1.90 bits per heavy atom. The molecule has 156 valence electrons. The van der Waals surface area contributed by atoms with Crippen LogP contribution >= 0.6 is 0 Å². The van der Waals surface area contributed by atoms with Crippen LogP contribution in [0.5, 0.6) is 5.75 Å². The number of rotatable bonds is 8. The highest BCUT2D eigenvalue weighted by Gasteiger charge is 2.15. The number of carbonyl (C=O) groups is 2. The number of esters is 1. The van der Waals surface area contributed by atoms with Gasteiger partial charge in [-0.15, -0.1) is 0 Å². The standard InChI is InChI=1S/C23H20N4O4/c1-2-30-20-11-8-17(9-12-20)10-13-22(29)31-16-21(28)26-23-18(14-24)15-25-27(23)19-6-4-3-5-7-19/h3-13,15H,2,16H2,1H3,(H,26,28)/b13-10+. The van der Waals surface area contributed by atoms with Crippen LogP contribution in [0.3, 0.4) is 0 Å². The number of benzene rings is 2. The van der Waals surface area contributed by atoms with Crippen LogP contribution in [0.4, 0.5) is 5.82 Å². The fourth-order valence-electron chi connectivity index (χ4n) is 2.67. The van der Waals surface area contributed by atoms with E-state index in [0.717, 1.165) is 11.3 Å².